The number of piperidine rings is 1. The summed E-state index contributed by atoms with van der Waals surface area (Å²) in [6.45, 7) is 7.80. The molecule has 0 spiro atoms. The van der Waals surface area contributed by atoms with Gasteiger partial charge >= 0.3 is 0 Å². The Labute approximate surface area is 146 Å². The smallest absolute Gasteiger partial charge is 0.240 e. The second-order valence-electron chi connectivity index (χ2n) is 6.70. The fourth-order valence-corrected chi connectivity index (χ4v) is 3.77. The molecule has 0 atom stereocenters. The summed E-state index contributed by atoms with van der Waals surface area (Å²) in [7, 11) is 0. The third-order valence-electron chi connectivity index (χ3n) is 4.47. The van der Waals surface area contributed by atoms with Crippen LogP contribution in [-0.2, 0) is 11.3 Å². The Morgan fingerprint density at radius 3 is 2.79 bits per heavy atom. The first-order chi connectivity index (χ1) is 11.6. The van der Waals surface area contributed by atoms with Crippen LogP contribution in [0.5, 0.6) is 0 Å². The van der Waals surface area contributed by atoms with Gasteiger partial charge in [0.1, 0.15) is 5.82 Å². The SMILES string of the molecule is CC(C)c1nccn1CC1CCN(CC(=O)Nc2nccs2)CC1. The van der Waals surface area contributed by atoms with E-state index in [-0.39, 0.29) is 5.91 Å². The Hall–Kier alpha value is -1.73. The van der Waals surface area contributed by atoms with Gasteiger partial charge in [0.2, 0.25) is 5.91 Å². The molecule has 3 heterocycles. The highest BCUT2D eigenvalue weighted by Gasteiger charge is 2.22. The number of nitrogens with one attached hydrogen (secondary N) is 1. The molecule has 1 aliphatic rings. The number of amides is 1. The first-order valence-corrected chi connectivity index (χ1v) is 9.42. The first kappa shape index (κ1) is 17.1. The van der Waals surface area contributed by atoms with Crippen molar-refractivity contribution in [2.24, 2.45) is 5.92 Å². The number of carbonyl (C=O) groups is 1. The van der Waals surface area contributed by atoms with E-state index in [4.69, 9.17) is 0 Å². The fraction of sp³-hybridized carbons (Fsp3) is 0.588. The molecule has 0 bridgehead atoms. The quantitative estimate of drug-likeness (QED) is 0.873. The molecule has 6 nitrogen and oxygen atoms in total. The molecule has 7 heteroatoms. The molecule has 1 N–H and O–H groups in total. The predicted molar refractivity (Wildman–Crippen MR) is 96.2 cm³/mol. The minimum atomic E-state index is 0.0279. The predicted octanol–water partition coefficient (Wildman–Crippen LogP) is 2.81. The van der Waals surface area contributed by atoms with Crippen LogP contribution in [0.4, 0.5) is 5.13 Å². The maximum atomic E-state index is 12.0. The topological polar surface area (TPSA) is 63.1 Å². The van der Waals surface area contributed by atoms with Gasteiger partial charge < -0.3 is 9.88 Å². The molecule has 2 aromatic rings. The molecule has 0 aromatic carbocycles. The second-order valence-corrected chi connectivity index (χ2v) is 7.59. The maximum Gasteiger partial charge on any atom is 0.240 e. The number of likely N-dealkylation sites (tertiary alicyclic amines) is 1. The standard InChI is InChI=1S/C17H25N5OS/c1-13(2)16-18-5-9-22(16)11-14-3-7-21(8-4-14)12-15(23)20-17-19-6-10-24-17/h5-6,9-10,13-14H,3-4,7-8,11-12H2,1-2H3,(H,19,20,23). The van der Waals surface area contributed by atoms with E-state index in [0.717, 1.165) is 32.5 Å². The van der Waals surface area contributed by atoms with Crippen LogP contribution in [0.15, 0.2) is 24.0 Å². The zero-order chi connectivity index (χ0) is 16.9. The molecule has 130 valence electrons. The van der Waals surface area contributed by atoms with Gasteiger partial charge in [0, 0.05) is 36.4 Å². The Bertz CT molecular complexity index is 644. The Balaban J connectivity index is 1.44. The lowest BCUT2D eigenvalue weighted by Gasteiger charge is -2.31. The van der Waals surface area contributed by atoms with Crippen molar-refractivity contribution in [3.63, 3.8) is 0 Å². The van der Waals surface area contributed by atoms with Crippen molar-refractivity contribution < 1.29 is 4.79 Å². The Morgan fingerprint density at radius 1 is 1.33 bits per heavy atom. The summed E-state index contributed by atoms with van der Waals surface area (Å²) in [4.78, 5) is 22.8. The number of imidazole rings is 1. The summed E-state index contributed by atoms with van der Waals surface area (Å²) in [5, 5.41) is 5.39. The summed E-state index contributed by atoms with van der Waals surface area (Å²) in [5.74, 6) is 2.31. The molecule has 0 saturated carbocycles. The van der Waals surface area contributed by atoms with Crippen molar-refractivity contribution in [3.05, 3.63) is 29.8 Å². The molecule has 0 aliphatic carbocycles. The van der Waals surface area contributed by atoms with Crippen LogP contribution in [0.1, 0.15) is 38.4 Å². The molecule has 1 saturated heterocycles. The van der Waals surface area contributed by atoms with Gasteiger partial charge in [-0.05, 0) is 31.8 Å². The molecule has 3 rings (SSSR count). The zero-order valence-electron chi connectivity index (χ0n) is 14.3. The van der Waals surface area contributed by atoms with Crippen molar-refractivity contribution >= 4 is 22.4 Å². The minimum Gasteiger partial charge on any atom is -0.334 e. The van der Waals surface area contributed by atoms with Crippen LogP contribution >= 0.6 is 11.3 Å². The summed E-state index contributed by atoms with van der Waals surface area (Å²) in [6.07, 6.45) is 7.93. The summed E-state index contributed by atoms with van der Waals surface area (Å²) < 4.78 is 2.29. The van der Waals surface area contributed by atoms with Crippen LogP contribution in [0, 0.1) is 5.92 Å². The van der Waals surface area contributed by atoms with Gasteiger partial charge in [0.15, 0.2) is 5.13 Å². The molecule has 24 heavy (non-hydrogen) atoms. The number of nitrogens with zero attached hydrogens (tertiary/aromatic N) is 4. The summed E-state index contributed by atoms with van der Waals surface area (Å²) in [5.41, 5.74) is 0. The number of hydrogen-bond acceptors (Lipinski definition) is 5. The van der Waals surface area contributed by atoms with Crippen molar-refractivity contribution in [2.45, 2.75) is 39.2 Å². The van der Waals surface area contributed by atoms with E-state index in [0.29, 0.717) is 23.5 Å². The van der Waals surface area contributed by atoms with Crippen LogP contribution < -0.4 is 5.32 Å². The largest absolute Gasteiger partial charge is 0.334 e. The molecular formula is C17H25N5OS. The molecule has 2 aromatic heterocycles. The summed E-state index contributed by atoms with van der Waals surface area (Å²) >= 11 is 1.45. The fourth-order valence-electron chi connectivity index (χ4n) is 3.23. The van der Waals surface area contributed by atoms with Gasteiger partial charge in [-0.3, -0.25) is 9.69 Å². The van der Waals surface area contributed by atoms with Crippen molar-refractivity contribution in [2.75, 3.05) is 25.0 Å². The Kier molecular flexibility index (Phi) is 5.63. The average molecular weight is 347 g/mol. The van der Waals surface area contributed by atoms with Crippen molar-refractivity contribution in [1.82, 2.24) is 19.4 Å². The van der Waals surface area contributed by atoms with E-state index in [1.807, 2.05) is 11.6 Å². The number of aromatic nitrogens is 3. The monoisotopic (exact) mass is 347 g/mol. The zero-order valence-corrected chi connectivity index (χ0v) is 15.1. The molecule has 1 amide bonds. The van der Waals surface area contributed by atoms with E-state index in [2.05, 4.69) is 44.8 Å². The number of carbonyl (C=O) groups excluding carboxylic acids is 1. The number of rotatable bonds is 6. The highest BCUT2D eigenvalue weighted by atomic mass is 32.1. The molecule has 1 fully saturated rings. The van der Waals surface area contributed by atoms with E-state index < -0.39 is 0 Å². The lowest BCUT2D eigenvalue weighted by molar-refractivity contribution is -0.117. The van der Waals surface area contributed by atoms with Crippen LogP contribution in [0.2, 0.25) is 0 Å². The third kappa shape index (κ3) is 4.42. The van der Waals surface area contributed by atoms with E-state index in [9.17, 15) is 4.79 Å². The molecule has 1 aliphatic heterocycles. The number of thiazole rings is 1. The molecule has 0 radical (unpaired) electrons. The molecule has 0 unspecified atom stereocenters. The van der Waals surface area contributed by atoms with Crippen LogP contribution in [0.3, 0.4) is 0 Å². The average Bonchev–Trinajstić information content (AvgIpc) is 3.21. The van der Waals surface area contributed by atoms with Crippen molar-refractivity contribution in [1.29, 1.82) is 0 Å². The highest BCUT2D eigenvalue weighted by Crippen LogP contribution is 2.21. The van der Waals surface area contributed by atoms with E-state index in [1.54, 1.807) is 6.20 Å². The van der Waals surface area contributed by atoms with Gasteiger partial charge in [-0.25, -0.2) is 9.97 Å². The first-order valence-electron chi connectivity index (χ1n) is 8.54. The number of hydrogen-bond donors (Lipinski definition) is 1. The number of anilines is 1. The van der Waals surface area contributed by atoms with E-state index in [1.165, 1.54) is 17.2 Å². The van der Waals surface area contributed by atoms with Crippen molar-refractivity contribution in [3.8, 4) is 0 Å². The van der Waals surface area contributed by atoms with Crippen LogP contribution in [0.25, 0.3) is 0 Å². The lowest BCUT2D eigenvalue weighted by Crippen LogP contribution is -2.40. The summed E-state index contributed by atoms with van der Waals surface area (Å²) in [6, 6.07) is 0. The van der Waals surface area contributed by atoms with Gasteiger partial charge in [-0.15, -0.1) is 11.3 Å². The third-order valence-corrected chi connectivity index (χ3v) is 5.16. The minimum absolute atomic E-state index is 0.0279. The normalized spacial score (nSPS) is 16.6. The van der Waals surface area contributed by atoms with Gasteiger partial charge in [-0.2, -0.15) is 0 Å². The van der Waals surface area contributed by atoms with Crippen LogP contribution in [-0.4, -0.2) is 45.0 Å². The van der Waals surface area contributed by atoms with Gasteiger partial charge in [0.05, 0.1) is 6.54 Å². The maximum absolute atomic E-state index is 12.0. The Morgan fingerprint density at radius 2 is 2.12 bits per heavy atom. The second kappa shape index (κ2) is 7.90. The molecular weight excluding hydrogens is 322 g/mol. The lowest BCUT2D eigenvalue weighted by atomic mass is 9.96. The van der Waals surface area contributed by atoms with E-state index >= 15 is 0 Å². The highest BCUT2D eigenvalue weighted by molar-refractivity contribution is 7.13. The van der Waals surface area contributed by atoms with Gasteiger partial charge in [0.25, 0.3) is 0 Å². The van der Waals surface area contributed by atoms with Gasteiger partial charge in [-0.1, -0.05) is 13.8 Å².